The van der Waals surface area contributed by atoms with E-state index < -0.39 is 29.9 Å². The fourth-order valence-electron chi connectivity index (χ4n) is 0.766. The van der Waals surface area contributed by atoms with Crippen LogP contribution >= 0.6 is 0 Å². The maximum atomic E-state index is 11.3. The zero-order valence-electron chi connectivity index (χ0n) is 8.61. The Balaban J connectivity index is 4.10. The average molecular weight is 217 g/mol. The van der Waals surface area contributed by atoms with Gasteiger partial charge in [0.2, 0.25) is 11.8 Å². The fourth-order valence-corrected chi connectivity index (χ4v) is 0.766. The Kier molecular flexibility index (Phi) is 5.32. The molecule has 7 nitrogen and oxygen atoms in total. The maximum Gasteiger partial charge on any atom is 0.325 e. The molecular weight excluding hydrogens is 202 g/mol. The first-order valence-corrected chi connectivity index (χ1v) is 4.41. The van der Waals surface area contributed by atoms with Crippen molar-refractivity contribution < 1.29 is 19.5 Å². The molecule has 0 aliphatic rings. The number of carbonyl (C=O) groups is 3. The number of carboxylic acid groups (broad SMARTS) is 1. The van der Waals surface area contributed by atoms with Gasteiger partial charge in [-0.25, -0.2) is 0 Å². The van der Waals surface area contributed by atoms with E-state index in [1.165, 1.54) is 13.8 Å². The molecular formula is C8H15N3O4. The van der Waals surface area contributed by atoms with Crippen LogP contribution in [0.2, 0.25) is 0 Å². The Morgan fingerprint density at radius 2 is 1.73 bits per heavy atom. The van der Waals surface area contributed by atoms with Crippen molar-refractivity contribution in [2.75, 3.05) is 6.54 Å². The first kappa shape index (κ1) is 13.4. The summed E-state index contributed by atoms with van der Waals surface area (Å²) in [6, 6.07) is -1.79. The van der Waals surface area contributed by atoms with Crippen LogP contribution in [0.25, 0.3) is 0 Å². The standard InChI is InChI=1S/C8H15N3O4/c1-4(10-6(12)3-9)7(13)11-5(2)8(14)15/h4-5H,3,9H2,1-2H3,(H,10,12)(H,11,13)(H,14,15)/t4-,5+/m0/s1. The molecule has 0 saturated carbocycles. The summed E-state index contributed by atoms with van der Waals surface area (Å²) in [6.45, 7) is 2.56. The van der Waals surface area contributed by atoms with Crippen molar-refractivity contribution in [1.29, 1.82) is 0 Å². The smallest absolute Gasteiger partial charge is 0.325 e. The number of carboxylic acids is 1. The zero-order chi connectivity index (χ0) is 12.0. The topological polar surface area (TPSA) is 122 Å². The molecule has 0 aromatic rings. The van der Waals surface area contributed by atoms with Gasteiger partial charge in [0.1, 0.15) is 12.1 Å². The molecule has 15 heavy (non-hydrogen) atoms. The molecule has 7 heteroatoms. The number of nitrogens with two attached hydrogens (primary N) is 1. The van der Waals surface area contributed by atoms with E-state index in [1.807, 2.05) is 0 Å². The fraction of sp³-hybridized carbons (Fsp3) is 0.625. The molecule has 0 spiro atoms. The third-order valence-electron chi connectivity index (χ3n) is 1.69. The second-order valence-electron chi connectivity index (χ2n) is 3.06. The molecule has 0 saturated heterocycles. The van der Waals surface area contributed by atoms with Gasteiger partial charge in [-0.05, 0) is 13.8 Å². The van der Waals surface area contributed by atoms with Gasteiger partial charge in [0.15, 0.2) is 0 Å². The molecule has 0 unspecified atom stereocenters. The van der Waals surface area contributed by atoms with Gasteiger partial charge in [0.25, 0.3) is 0 Å². The van der Waals surface area contributed by atoms with Gasteiger partial charge in [-0.2, -0.15) is 0 Å². The van der Waals surface area contributed by atoms with Gasteiger partial charge in [-0.1, -0.05) is 0 Å². The molecule has 0 aromatic heterocycles. The van der Waals surface area contributed by atoms with Crippen molar-refractivity contribution in [3.8, 4) is 0 Å². The van der Waals surface area contributed by atoms with Crippen LogP contribution in [0.15, 0.2) is 0 Å². The second-order valence-corrected chi connectivity index (χ2v) is 3.06. The maximum absolute atomic E-state index is 11.3. The van der Waals surface area contributed by atoms with Crippen LogP contribution in [-0.2, 0) is 14.4 Å². The Hall–Kier alpha value is -1.63. The highest BCUT2D eigenvalue weighted by Crippen LogP contribution is 1.86. The molecule has 0 aliphatic carbocycles. The van der Waals surface area contributed by atoms with Crippen LogP contribution in [0, 0.1) is 0 Å². The number of rotatable bonds is 5. The van der Waals surface area contributed by atoms with Gasteiger partial charge in [0.05, 0.1) is 6.54 Å². The summed E-state index contributed by atoms with van der Waals surface area (Å²) in [7, 11) is 0. The number of carbonyl (C=O) groups excluding carboxylic acids is 2. The van der Waals surface area contributed by atoms with Crippen LogP contribution in [0.3, 0.4) is 0 Å². The Morgan fingerprint density at radius 3 is 2.13 bits per heavy atom. The minimum Gasteiger partial charge on any atom is -0.480 e. The molecule has 86 valence electrons. The van der Waals surface area contributed by atoms with Crippen LogP contribution in [0.4, 0.5) is 0 Å². The highest BCUT2D eigenvalue weighted by atomic mass is 16.4. The molecule has 0 rings (SSSR count). The summed E-state index contributed by atoms with van der Waals surface area (Å²) in [4.78, 5) is 32.5. The van der Waals surface area contributed by atoms with E-state index in [2.05, 4.69) is 10.6 Å². The molecule has 0 radical (unpaired) electrons. The lowest BCUT2D eigenvalue weighted by Crippen LogP contribution is -2.50. The van der Waals surface area contributed by atoms with Crippen molar-refractivity contribution >= 4 is 17.8 Å². The van der Waals surface area contributed by atoms with Crippen molar-refractivity contribution in [2.45, 2.75) is 25.9 Å². The lowest BCUT2D eigenvalue weighted by molar-refractivity contribution is -0.141. The van der Waals surface area contributed by atoms with Crippen LogP contribution in [-0.4, -0.2) is 41.5 Å². The largest absolute Gasteiger partial charge is 0.480 e. The Morgan fingerprint density at radius 1 is 1.20 bits per heavy atom. The Bertz CT molecular complexity index is 267. The third-order valence-corrected chi connectivity index (χ3v) is 1.69. The first-order chi connectivity index (χ1) is 6.88. The number of aliphatic carboxylic acids is 1. The highest BCUT2D eigenvalue weighted by molar-refractivity contribution is 5.90. The minimum absolute atomic E-state index is 0.216. The average Bonchev–Trinajstić information content (AvgIpc) is 2.16. The van der Waals surface area contributed by atoms with Crippen molar-refractivity contribution in [2.24, 2.45) is 5.73 Å². The lowest BCUT2D eigenvalue weighted by Gasteiger charge is -2.15. The molecule has 0 aliphatic heterocycles. The predicted octanol–water partition coefficient (Wildman–Crippen LogP) is -1.96. The van der Waals surface area contributed by atoms with Gasteiger partial charge in [-0.15, -0.1) is 0 Å². The van der Waals surface area contributed by atoms with E-state index in [0.29, 0.717) is 0 Å². The number of amides is 2. The van der Waals surface area contributed by atoms with E-state index >= 15 is 0 Å². The highest BCUT2D eigenvalue weighted by Gasteiger charge is 2.19. The van der Waals surface area contributed by atoms with Gasteiger partial charge in [-0.3, -0.25) is 14.4 Å². The van der Waals surface area contributed by atoms with E-state index in [9.17, 15) is 14.4 Å². The summed E-state index contributed by atoms with van der Waals surface area (Å²) in [5, 5.41) is 13.0. The van der Waals surface area contributed by atoms with Gasteiger partial charge < -0.3 is 21.5 Å². The monoisotopic (exact) mass is 217 g/mol. The van der Waals surface area contributed by atoms with Gasteiger partial charge in [0, 0.05) is 0 Å². The quantitative estimate of drug-likeness (QED) is 0.426. The number of hydrogen-bond acceptors (Lipinski definition) is 4. The molecule has 2 amide bonds. The number of hydrogen-bond donors (Lipinski definition) is 4. The van der Waals surface area contributed by atoms with Crippen LogP contribution in [0.5, 0.6) is 0 Å². The molecule has 0 aromatic carbocycles. The molecule has 0 fully saturated rings. The van der Waals surface area contributed by atoms with E-state index in [4.69, 9.17) is 10.8 Å². The molecule has 2 atom stereocenters. The third kappa shape index (κ3) is 4.96. The minimum atomic E-state index is -1.14. The molecule has 0 heterocycles. The second kappa shape index (κ2) is 5.97. The van der Waals surface area contributed by atoms with E-state index in [-0.39, 0.29) is 6.54 Å². The number of nitrogens with one attached hydrogen (secondary N) is 2. The zero-order valence-corrected chi connectivity index (χ0v) is 8.61. The Labute approximate surface area is 87.0 Å². The predicted molar refractivity (Wildman–Crippen MR) is 51.9 cm³/mol. The summed E-state index contributed by atoms with van der Waals surface area (Å²) < 4.78 is 0. The molecule has 0 bridgehead atoms. The van der Waals surface area contributed by atoms with Crippen molar-refractivity contribution in [1.82, 2.24) is 10.6 Å². The van der Waals surface area contributed by atoms with Crippen molar-refractivity contribution in [3.05, 3.63) is 0 Å². The summed E-state index contributed by atoms with van der Waals surface area (Å²) in [6.07, 6.45) is 0. The van der Waals surface area contributed by atoms with Crippen molar-refractivity contribution in [3.63, 3.8) is 0 Å². The van der Waals surface area contributed by atoms with Crippen LogP contribution in [0.1, 0.15) is 13.8 Å². The first-order valence-electron chi connectivity index (χ1n) is 4.41. The summed E-state index contributed by atoms with van der Waals surface area (Å²) in [5.74, 6) is -2.17. The van der Waals surface area contributed by atoms with Gasteiger partial charge >= 0.3 is 5.97 Å². The normalized spacial score (nSPS) is 13.8. The van der Waals surface area contributed by atoms with E-state index in [0.717, 1.165) is 0 Å². The van der Waals surface area contributed by atoms with Crippen LogP contribution < -0.4 is 16.4 Å². The van der Waals surface area contributed by atoms with E-state index in [1.54, 1.807) is 0 Å². The summed E-state index contributed by atoms with van der Waals surface area (Å²) >= 11 is 0. The molecule has 5 N–H and O–H groups in total. The summed E-state index contributed by atoms with van der Waals surface area (Å²) in [5.41, 5.74) is 5.03. The SMILES string of the molecule is C[C@H](NC(=O)CN)C(=O)N[C@H](C)C(=O)O. The lowest BCUT2D eigenvalue weighted by atomic mass is 10.2.